The molecule has 3 heterocycles. The number of amides is 1. The Balaban J connectivity index is 1.57. The van der Waals surface area contributed by atoms with Crippen molar-refractivity contribution in [3.05, 3.63) is 50.5 Å². The van der Waals surface area contributed by atoms with Gasteiger partial charge in [-0.1, -0.05) is 11.6 Å². The molecule has 2 aliphatic heterocycles. The number of nitrogens with one attached hydrogen (secondary N) is 1. The summed E-state index contributed by atoms with van der Waals surface area (Å²) < 4.78 is 36.4. The topological polar surface area (TPSA) is 50.3 Å². The number of rotatable bonds is 4. The minimum absolute atomic E-state index is 0.0249. The van der Waals surface area contributed by atoms with Crippen LogP contribution in [0.15, 0.2) is 12.1 Å². The molecule has 0 saturated carbocycles. The predicted molar refractivity (Wildman–Crippen MR) is 103 cm³/mol. The lowest BCUT2D eigenvalue weighted by atomic mass is 9.95. The van der Waals surface area contributed by atoms with E-state index in [1.54, 1.807) is 11.9 Å². The molecule has 5 nitrogen and oxygen atoms in total. The Morgan fingerprint density at radius 2 is 2.25 bits per heavy atom. The average molecular weight is 428 g/mol. The second kappa shape index (κ2) is 7.57. The fraction of sp³-hybridized carbons (Fsp3) is 0.474. The van der Waals surface area contributed by atoms with Crippen molar-refractivity contribution in [2.75, 3.05) is 20.3 Å². The Labute approximate surface area is 171 Å². The zero-order valence-electron chi connectivity index (χ0n) is 15.3. The van der Waals surface area contributed by atoms with Crippen LogP contribution in [0.1, 0.15) is 29.3 Å². The smallest absolute Gasteiger partial charge is 0.228 e. The maximum Gasteiger partial charge on any atom is 0.228 e. The van der Waals surface area contributed by atoms with Crippen molar-refractivity contribution in [3.63, 3.8) is 0 Å². The summed E-state index contributed by atoms with van der Waals surface area (Å²) in [6.07, 6.45) is 1.37. The lowest BCUT2D eigenvalue weighted by Gasteiger charge is -2.23. The molecule has 0 aliphatic carbocycles. The van der Waals surface area contributed by atoms with Crippen molar-refractivity contribution < 1.29 is 18.3 Å². The van der Waals surface area contributed by atoms with E-state index in [4.69, 9.17) is 28.6 Å². The third-order valence-electron chi connectivity index (χ3n) is 5.68. The Morgan fingerprint density at radius 1 is 1.46 bits per heavy atom. The predicted octanol–water partition coefficient (Wildman–Crippen LogP) is 3.61. The number of aromatic nitrogens is 2. The van der Waals surface area contributed by atoms with Gasteiger partial charge in [-0.25, -0.2) is 8.78 Å². The number of likely N-dealkylation sites (N-methyl/N-ethyl adjacent to an activating group) is 1. The minimum atomic E-state index is -0.731. The van der Waals surface area contributed by atoms with Crippen LogP contribution >= 0.6 is 23.8 Å². The molecule has 1 aromatic carbocycles. The van der Waals surface area contributed by atoms with E-state index in [-0.39, 0.29) is 29.0 Å². The summed E-state index contributed by atoms with van der Waals surface area (Å²) in [5, 5.41) is -0.103. The molecule has 150 valence electrons. The van der Waals surface area contributed by atoms with E-state index in [1.165, 1.54) is 12.1 Å². The molecule has 9 heteroatoms. The van der Waals surface area contributed by atoms with Gasteiger partial charge in [0.15, 0.2) is 4.77 Å². The van der Waals surface area contributed by atoms with Gasteiger partial charge in [0, 0.05) is 43.1 Å². The number of benzene rings is 1. The first-order chi connectivity index (χ1) is 13.4. The lowest BCUT2D eigenvalue weighted by molar-refractivity contribution is -0.131. The van der Waals surface area contributed by atoms with Crippen LogP contribution < -0.4 is 0 Å². The molecule has 1 N–H and O–H groups in total. The fourth-order valence-corrected chi connectivity index (χ4v) is 4.54. The number of hydrogen-bond donors (Lipinski definition) is 1. The molecule has 0 bridgehead atoms. The van der Waals surface area contributed by atoms with E-state index in [0.29, 0.717) is 36.6 Å². The van der Waals surface area contributed by atoms with Gasteiger partial charge < -0.3 is 19.2 Å². The number of fused-ring (bicyclic) bond motifs is 1. The van der Waals surface area contributed by atoms with Crippen LogP contribution in [0.5, 0.6) is 0 Å². The quantitative estimate of drug-likeness (QED) is 0.599. The molecule has 2 aliphatic rings. The van der Waals surface area contributed by atoms with Crippen LogP contribution in [0.3, 0.4) is 0 Å². The molecular formula is C19H20ClF2N3O2S. The molecule has 0 radical (unpaired) electrons. The number of carbonyl (C=O) groups excluding carboxylic acids is 1. The molecular weight excluding hydrogens is 408 g/mol. The first kappa shape index (κ1) is 19.5. The van der Waals surface area contributed by atoms with Crippen LogP contribution in [-0.4, -0.2) is 46.7 Å². The molecule has 1 saturated heterocycles. The summed E-state index contributed by atoms with van der Waals surface area (Å²) in [4.78, 5) is 17.5. The third-order valence-corrected chi connectivity index (χ3v) is 6.30. The van der Waals surface area contributed by atoms with Gasteiger partial charge in [-0.15, -0.1) is 0 Å². The zero-order valence-corrected chi connectivity index (χ0v) is 16.9. The summed E-state index contributed by atoms with van der Waals surface area (Å²) in [6, 6.07) is 2.47. The molecule has 2 aromatic rings. The normalized spacial score (nSPS) is 21.1. The van der Waals surface area contributed by atoms with E-state index < -0.39 is 17.6 Å². The van der Waals surface area contributed by atoms with E-state index in [1.807, 2.05) is 4.57 Å². The molecule has 1 unspecified atom stereocenters. The minimum Gasteiger partial charge on any atom is -0.379 e. The third kappa shape index (κ3) is 3.38. The number of H-pyrrole nitrogens is 1. The van der Waals surface area contributed by atoms with Crippen molar-refractivity contribution in [1.82, 2.24) is 14.5 Å². The highest BCUT2D eigenvalue weighted by molar-refractivity contribution is 7.71. The van der Waals surface area contributed by atoms with Crippen LogP contribution in [0.4, 0.5) is 8.78 Å². The number of hydrogen-bond acceptors (Lipinski definition) is 3. The van der Waals surface area contributed by atoms with Crippen molar-refractivity contribution in [2.45, 2.75) is 37.8 Å². The van der Waals surface area contributed by atoms with Crippen LogP contribution in [0.25, 0.3) is 0 Å². The second-order valence-corrected chi connectivity index (χ2v) is 8.12. The van der Waals surface area contributed by atoms with Crippen LogP contribution in [0.2, 0.25) is 5.02 Å². The lowest BCUT2D eigenvalue weighted by Crippen LogP contribution is -2.38. The first-order valence-electron chi connectivity index (χ1n) is 9.14. The summed E-state index contributed by atoms with van der Waals surface area (Å²) >= 11 is 11.2. The summed E-state index contributed by atoms with van der Waals surface area (Å²) in [5.74, 6) is -1.81. The summed E-state index contributed by atoms with van der Waals surface area (Å²) in [6.45, 7) is 1.55. The number of halogens is 3. The standard InChI is InChI=1S/C19H20ClF2N3O2S/c1-24(11-4-5-27-9-11)16(26)7-14-15-6-10(8-25(15)19(28)23-14)17-13(21)3-2-12(20)18(17)22/h2-3,10-11H,4-9H2,1H3,(H,23,28)/t10-,11?/m0/s1. The molecule has 1 fully saturated rings. The van der Waals surface area contributed by atoms with Crippen molar-refractivity contribution >= 4 is 29.7 Å². The first-order valence-corrected chi connectivity index (χ1v) is 9.92. The van der Waals surface area contributed by atoms with E-state index in [2.05, 4.69) is 4.98 Å². The fourth-order valence-electron chi connectivity index (χ4n) is 4.06. The van der Waals surface area contributed by atoms with Gasteiger partial charge in [0.05, 0.1) is 24.1 Å². The second-order valence-electron chi connectivity index (χ2n) is 7.32. The Morgan fingerprint density at radius 3 is 2.96 bits per heavy atom. The maximum absolute atomic E-state index is 14.4. The van der Waals surface area contributed by atoms with Crippen LogP contribution in [-0.2, 0) is 28.9 Å². The van der Waals surface area contributed by atoms with E-state index >= 15 is 0 Å². The molecule has 2 atom stereocenters. The number of ether oxygens (including phenoxy) is 1. The largest absolute Gasteiger partial charge is 0.379 e. The van der Waals surface area contributed by atoms with Gasteiger partial charge in [-0.3, -0.25) is 4.79 Å². The summed E-state index contributed by atoms with van der Waals surface area (Å²) in [5.41, 5.74) is 1.49. The number of carbonyl (C=O) groups is 1. The monoisotopic (exact) mass is 427 g/mol. The van der Waals surface area contributed by atoms with E-state index in [0.717, 1.165) is 12.1 Å². The molecule has 28 heavy (non-hydrogen) atoms. The molecule has 4 rings (SSSR count). The number of nitrogens with zero attached hydrogens (tertiary/aromatic N) is 2. The number of aromatic amines is 1. The Hall–Kier alpha value is -1.77. The zero-order chi connectivity index (χ0) is 20.0. The Kier molecular flexibility index (Phi) is 5.28. The highest BCUT2D eigenvalue weighted by atomic mass is 35.5. The van der Waals surface area contributed by atoms with Gasteiger partial charge in [0.1, 0.15) is 11.6 Å². The summed E-state index contributed by atoms with van der Waals surface area (Å²) in [7, 11) is 1.77. The number of imidazole rings is 1. The van der Waals surface area contributed by atoms with Gasteiger partial charge >= 0.3 is 0 Å². The van der Waals surface area contributed by atoms with Gasteiger partial charge in [0.2, 0.25) is 5.91 Å². The average Bonchev–Trinajstić information content (AvgIpc) is 3.38. The maximum atomic E-state index is 14.4. The van der Waals surface area contributed by atoms with Gasteiger partial charge in [0.25, 0.3) is 0 Å². The Bertz CT molecular complexity index is 984. The van der Waals surface area contributed by atoms with Crippen molar-refractivity contribution in [3.8, 4) is 0 Å². The molecule has 1 amide bonds. The van der Waals surface area contributed by atoms with Gasteiger partial charge in [-0.2, -0.15) is 0 Å². The van der Waals surface area contributed by atoms with Crippen LogP contribution in [0, 0.1) is 16.4 Å². The SMILES string of the molecule is CN(C(=O)Cc1[nH]c(=S)n2c1C[C@H](c1c(F)ccc(Cl)c1F)C2)C1CCOC1. The van der Waals surface area contributed by atoms with Gasteiger partial charge in [-0.05, 0) is 37.2 Å². The molecule has 1 aromatic heterocycles. The van der Waals surface area contributed by atoms with Crippen molar-refractivity contribution in [2.24, 2.45) is 0 Å². The molecule has 0 spiro atoms. The van der Waals surface area contributed by atoms with E-state index in [9.17, 15) is 13.6 Å². The highest BCUT2D eigenvalue weighted by Crippen LogP contribution is 2.36. The van der Waals surface area contributed by atoms with Crippen molar-refractivity contribution in [1.29, 1.82) is 0 Å². The highest BCUT2D eigenvalue weighted by Gasteiger charge is 2.33.